The van der Waals surface area contributed by atoms with Gasteiger partial charge in [-0.3, -0.25) is 3.53 Å². The van der Waals surface area contributed by atoms with Crippen molar-refractivity contribution in [3.8, 4) is 0 Å². The van der Waals surface area contributed by atoms with Gasteiger partial charge >= 0.3 is 0 Å². The molecule has 1 nitrogen and oxygen atoms in total. The Morgan fingerprint density at radius 1 is 1.60 bits per heavy atom. The zero-order valence-electron chi connectivity index (χ0n) is 6.13. The molecular weight excluding hydrogens is 251 g/mol. The first kappa shape index (κ1) is 10.6. The second-order valence-electron chi connectivity index (χ2n) is 2.86. The van der Waals surface area contributed by atoms with Gasteiger partial charge in [0.05, 0.1) is 0 Å². The predicted molar refractivity (Wildman–Crippen MR) is 46.7 cm³/mol. The molecule has 0 amide bonds. The lowest BCUT2D eigenvalue weighted by atomic mass is 10.0. The molecule has 0 aromatic heterocycles. The van der Waals surface area contributed by atoms with Gasteiger partial charge in [0, 0.05) is 35.8 Å². The summed E-state index contributed by atoms with van der Waals surface area (Å²) in [7, 11) is 0. The molecule has 0 fully saturated rings. The van der Waals surface area contributed by atoms with Crippen LogP contribution >= 0.6 is 22.9 Å². The molecule has 1 unspecified atom stereocenters. The van der Waals surface area contributed by atoms with Crippen molar-refractivity contribution in [2.24, 2.45) is 0 Å². The summed E-state index contributed by atoms with van der Waals surface area (Å²) in [6.07, 6.45) is -1.12. The highest BCUT2D eigenvalue weighted by atomic mass is 127. The van der Waals surface area contributed by atoms with Crippen LogP contribution in [0.25, 0.3) is 0 Å². The van der Waals surface area contributed by atoms with Crippen LogP contribution in [0.3, 0.4) is 0 Å². The van der Waals surface area contributed by atoms with E-state index in [1.165, 1.54) is 13.8 Å². The van der Waals surface area contributed by atoms with E-state index in [0.717, 1.165) is 0 Å². The van der Waals surface area contributed by atoms with Crippen LogP contribution in [0.15, 0.2) is 0 Å². The number of hydrogen-bond donors (Lipinski definition) is 1. The van der Waals surface area contributed by atoms with Gasteiger partial charge in [0.2, 0.25) is 0 Å². The van der Waals surface area contributed by atoms with E-state index in [0.29, 0.717) is 0 Å². The molecule has 0 aromatic carbocycles. The van der Waals surface area contributed by atoms with Crippen LogP contribution < -0.4 is 3.53 Å². The minimum atomic E-state index is -1.40. The first-order valence-electron chi connectivity index (χ1n) is 3.12. The van der Waals surface area contributed by atoms with E-state index in [1.807, 2.05) is 22.9 Å². The molecule has 1 atom stereocenters. The lowest BCUT2D eigenvalue weighted by Gasteiger charge is -2.16. The summed E-state index contributed by atoms with van der Waals surface area (Å²) in [6.45, 7) is 2.98. The molecular formula is C6H12F2IN. The molecule has 0 aliphatic carbocycles. The maximum absolute atomic E-state index is 12.7. The molecule has 1 N–H and O–H groups in total. The summed E-state index contributed by atoms with van der Waals surface area (Å²) in [5, 5.41) is 0. The van der Waals surface area contributed by atoms with Gasteiger partial charge in [-0.1, -0.05) is 0 Å². The normalized spacial score (nSPS) is 15.3. The summed E-state index contributed by atoms with van der Waals surface area (Å²) in [6, 6.07) is 0. The summed E-state index contributed by atoms with van der Waals surface area (Å²) >= 11 is 1.84. The Hall–Kier alpha value is 0.550. The highest BCUT2D eigenvalue weighted by Gasteiger charge is 2.21. The van der Waals surface area contributed by atoms with Crippen molar-refractivity contribution in [2.45, 2.75) is 32.1 Å². The number of nitrogens with one attached hydrogen (secondary N) is 1. The van der Waals surface area contributed by atoms with Gasteiger partial charge < -0.3 is 0 Å². The molecule has 62 valence electrons. The average Bonchev–Trinajstić information content (AvgIpc) is 1.59. The van der Waals surface area contributed by atoms with E-state index in [4.69, 9.17) is 0 Å². The van der Waals surface area contributed by atoms with Crippen molar-refractivity contribution in [1.82, 2.24) is 3.53 Å². The topological polar surface area (TPSA) is 12.0 Å². The first-order chi connectivity index (χ1) is 4.45. The van der Waals surface area contributed by atoms with Crippen molar-refractivity contribution >= 4 is 22.9 Å². The highest BCUT2D eigenvalue weighted by molar-refractivity contribution is 14.1. The van der Waals surface area contributed by atoms with E-state index in [9.17, 15) is 8.78 Å². The second-order valence-corrected chi connectivity index (χ2v) is 3.62. The standard InChI is InChI=1S/C6H12F2IN/c1-6(2,8)3-5(7)4-10-9/h5,10H,3-4H2,1-2H3. The predicted octanol–water partition coefficient (Wildman–Crippen LogP) is 2.40. The fraction of sp³-hybridized carbons (Fsp3) is 1.00. The molecule has 0 spiro atoms. The molecule has 0 aromatic rings. The Bertz CT molecular complexity index is 92.2. The Balaban J connectivity index is 3.47. The Morgan fingerprint density at radius 3 is 2.40 bits per heavy atom. The zero-order chi connectivity index (χ0) is 8.20. The molecule has 10 heavy (non-hydrogen) atoms. The largest absolute Gasteiger partial charge is 0.258 e. The Labute approximate surface area is 74.1 Å². The van der Waals surface area contributed by atoms with E-state index in [2.05, 4.69) is 3.53 Å². The zero-order valence-corrected chi connectivity index (χ0v) is 8.28. The third kappa shape index (κ3) is 6.67. The molecule has 0 rings (SSSR count). The maximum atomic E-state index is 12.7. The molecule has 0 saturated carbocycles. The second kappa shape index (κ2) is 4.43. The minimum absolute atomic E-state index is 0.0387. The number of rotatable bonds is 4. The minimum Gasteiger partial charge on any atom is -0.258 e. The molecule has 0 radical (unpaired) electrons. The van der Waals surface area contributed by atoms with Gasteiger partial charge in [0.1, 0.15) is 11.8 Å². The van der Waals surface area contributed by atoms with Crippen molar-refractivity contribution in [1.29, 1.82) is 0 Å². The van der Waals surface area contributed by atoms with Crippen molar-refractivity contribution in [2.75, 3.05) is 6.54 Å². The first-order valence-corrected chi connectivity index (χ1v) is 4.20. The summed E-state index contributed by atoms with van der Waals surface area (Å²) < 4.78 is 27.9. The fourth-order valence-corrected chi connectivity index (χ4v) is 1.16. The van der Waals surface area contributed by atoms with Gasteiger partial charge in [0.25, 0.3) is 0 Å². The smallest absolute Gasteiger partial charge is 0.116 e. The van der Waals surface area contributed by atoms with E-state index in [1.54, 1.807) is 0 Å². The Morgan fingerprint density at radius 2 is 2.10 bits per heavy atom. The molecule has 0 heterocycles. The van der Waals surface area contributed by atoms with Crippen molar-refractivity contribution in [3.63, 3.8) is 0 Å². The van der Waals surface area contributed by atoms with Crippen LogP contribution in [0.1, 0.15) is 20.3 Å². The van der Waals surface area contributed by atoms with Crippen LogP contribution in [0, 0.1) is 0 Å². The van der Waals surface area contributed by atoms with Crippen LogP contribution in [-0.4, -0.2) is 18.4 Å². The fourth-order valence-electron chi connectivity index (χ4n) is 0.683. The van der Waals surface area contributed by atoms with E-state index < -0.39 is 11.8 Å². The van der Waals surface area contributed by atoms with Crippen LogP contribution in [-0.2, 0) is 0 Å². The number of halogens is 3. The molecule has 0 aliphatic rings. The van der Waals surface area contributed by atoms with E-state index in [-0.39, 0.29) is 13.0 Å². The molecule has 4 heteroatoms. The van der Waals surface area contributed by atoms with Crippen LogP contribution in [0.5, 0.6) is 0 Å². The lowest BCUT2D eigenvalue weighted by Crippen LogP contribution is -2.24. The number of hydrogen-bond acceptors (Lipinski definition) is 1. The van der Waals surface area contributed by atoms with Gasteiger partial charge in [-0.25, -0.2) is 8.78 Å². The third-order valence-corrected chi connectivity index (χ3v) is 1.45. The average molecular weight is 263 g/mol. The van der Waals surface area contributed by atoms with Gasteiger partial charge in [0.15, 0.2) is 0 Å². The highest BCUT2D eigenvalue weighted by Crippen LogP contribution is 2.17. The van der Waals surface area contributed by atoms with Crippen LogP contribution in [0.4, 0.5) is 8.78 Å². The SMILES string of the molecule is CC(C)(F)CC(F)CNI. The van der Waals surface area contributed by atoms with Gasteiger partial charge in [-0.15, -0.1) is 0 Å². The van der Waals surface area contributed by atoms with Crippen LogP contribution in [0.2, 0.25) is 0 Å². The van der Waals surface area contributed by atoms with Gasteiger partial charge in [-0.2, -0.15) is 0 Å². The maximum Gasteiger partial charge on any atom is 0.116 e. The summed E-state index contributed by atoms with van der Waals surface area (Å²) in [5.74, 6) is 0. The van der Waals surface area contributed by atoms with E-state index >= 15 is 0 Å². The Kier molecular flexibility index (Phi) is 4.68. The quantitative estimate of drug-likeness (QED) is 0.606. The molecule has 0 bridgehead atoms. The summed E-state index contributed by atoms with van der Waals surface area (Å²) in [5.41, 5.74) is -1.40. The van der Waals surface area contributed by atoms with Crippen molar-refractivity contribution < 1.29 is 8.78 Å². The molecule has 0 aliphatic heterocycles. The third-order valence-electron chi connectivity index (χ3n) is 1.01. The summed E-state index contributed by atoms with van der Waals surface area (Å²) in [4.78, 5) is 0. The monoisotopic (exact) mass is 263 g/mol. The van der Waals surface area contributed by atoms with Crippen molar-refractivity contribution in [3.05, 3.63) is 0 Å². The molecule has 0 saturated heterocycles. The lowest BCUT2D eigenvalue weighted by molar-refractivity contribution is 0.146. The van der Waals surface area contributed by atoms with Gasteiger partial charge in [-0.05, 0) is 13.8 Å². The number of alkyl halides is 2.